The molecule has 0 aromatic heterocycles. The number of ether oxygens (including phenoxy) is 4. The molecule has 2 fully saturated rings. The van der Waals surface area contributed by atoms with Crippen LogP contribution in [0.2, 0.25) is 0 Å². The largest absolute Gasteiger partial charge is 0.481 e. The standard InChI is InChI=1S/C14H18O10/c15-9(16)1-3-11(19)23-13(7-5-21-7)14(8-6-22-8)24-12(20)4-2-10(17)18/h7-8,13-14H,1-6H2,(H,15,16)(H,17,18). The SMILES string of the molecule is O=C(O)CCC(=O)OC(C1CO1)C(OC(=O)CCC(=O)O)C1CO1. The van der Waals surface area contributed by atoms with Crippen molar-refractivity contribution in [3.8, 4) is 0 Å². The van der Waals surface area contributed by atoms with E-state index in [1.54, 1.807) is 0 Å². The summed E-state index contributed by atoms with van der Waals surface area (Å²) >= 11 is 0. The van der Waals surface area contributed by atoms with Crippen LogP contribution in [0.15, 0.2) is 0 Å². The lowest BCUT2D eigenvalue weighted by Crippen LogP contribution is -2.43. The Morgan fingerprint density at radius 2 is 1.12 bits per heavy atom. The van der Waals surface area contributed by atoms with Crippen LogP contribution in [0.25, 0.3) is 0 Å². The van der Waals surface area contributed by atoms with Crippen LogP contribution in [0.5, 0.6) is 0 Å². The van der Waals surface area contributed by atoms with Gasteiger partial charge in [-0.3, -0.25) is 19.2 Å². The fraction of sp³-hybridized carbons (Fsp3) is 0.714. The number of esters is 2. The average molecular weight is 346 g/mol. The summed E-state index contributed by atoms with van der Waals surface area (Å²) in [5.41, 5.74) is 0. The van der Waals surface area contributed by atoms with Crippen molar-refractivity contribution in [1.29, 1.82) is 0 Å². The predicted molar refractivity (Wildman–Crippen MR) is 73.0 cm³/mol. The highest BCUT2D eigenvalue weighted by Gasteiger charge is 2.50. The second-order valence-electron chi connectivity index (χ2n) is 5.44. The molecule has 0 amide bonds. The summed E-state index contributed by atoms with van der Waals surface area (Å²) in [6.07, 6.45) is -4.12. The Hall–Kier alpha value is -2.20. The predicted octanol–water partition coefficient (Wildman–Crippen LogP) is -0.663. The van der Waals surface area contributed by atoms with Gasteiger partial charge in [0.05, 0.1) is 38.9 Å². The maximum Gasteiger partial charge on any atom is 0.306 e. The number of carbonyl (C=O) groups excluding carboxylic acids is 2. The van der Waals surface area contributed by atoms with Crippen molar-refractivity contribution < 1.29 is 48.3 Å². The number of epoxide rings is 2. The molecule has 0 aromatic carbocycles. The van der Waals surface area contributed by atoms with E-state index in [4.69, 9.17) is 29.2 Å². The van der Waals surface area contributed by atoms with Gasteiger partial charge in [0.2, 0.25) is 0 Å². The summed E-state index contributed by atoms with van der Waals surface area (Å²) in [6, 6.07) is 0. The first-order chi connectivity index (χ1) is 11.4. The highest BCUT2D eigenvalue weighted by molar-refractivity contribution is 5.77. The summed E-state index contributed by atoms with van der Waals surface area (Å²) in [5.74, 6) is -3.75. The van der Waals surface area contributed by atoms with Crippen LogP contribution >= 0.6 is 0 Å². The fourth-order valence-electron chi connectivity index (χ4n) is 2.04. The Labute approximate surface area is 136 Å². The molecule has 2 N–H and O–H groups in total. The minimum absolute atomic E-state index is 0.312. The summed E-state index contributed by atoms with van der Waals surface area (Å²) in [6.45, 7) is 0.625. The van der Waals surface area contributed by atoms with Gasteiger partial charge in [0.1, 0.15) is 12.2 Å². The van der Waals surface area contributed by atoms with E-state index in [1.165, 1.54) is 0 Å². The molecule has 2 aliphatic rings. The van der Waals surface area contributed by atoms with Crippen molar-refractivity contribution in [3.05, 3.63) is 0 Å². The molecular weight excluding hydrogens is 328 g/mol. The zero-order valence-corrected chi connectivity index (χ0v) is 12.7. The van der Waals surface area contributed by atoms with Crippen molar-refractivity contribution in [2.45, 2.75) is 50.1 Å². The molecule has 0 saturated carbocycles. The van der Waals surface area contributed by atoms with Crippen molar-refractivity contribution in [1.82, 2.24) is 0 Å². The summed E-state index contributed by atoms with van der Waals surface area (Å²) in [4.78, 5) is 44.5. The first kappa shape index (κ1) is 18.1. The van der Waals surface area contributed by atoms with Crippen molar-refractivity contribution in [2.75, 3.05) is 13.2 Å². The van der Waals surface area contributed by atoms with Gasteiger partial charge in [0.25, 0.3) is 0 Å². The summed E-state index contributed by atoms with van der Waals surface area (Å²) in [5, 5.41) is 17.2. The number of carboxylic acids is 2. The van der Waals surface area contributed by atoms with Crippen LogP contribution in [-0.2, 0) is 38.1 Å². The van der Waals surface area contributed by atoms with E-state index in [2.05, 4.69) is 0 Å². The van der Waals surface area contributed by atoms with Gasteiger partial charge in [-0.15, -0.1) is 0 Å². The van der Waals surface area contributed by atoms with Crippen molar-refractivity contribution in [2.24, 2.45) is 0 Å². The second kappa shape index (κ2) is 8.06. The van der Waals surface area contributed by atoms with Gasteiger partial charge in [0, 0.05) is 0 Å². The van der Waals surface area contributed by atoms with E-state index in [-0.39, 0.29) is 25.7 Å². The van der Waals surface area contributed by atoms with Gasteiger partial charge >= 0.3 is 23.9 Å². The van der Waals surface area contributed by atoms with Gasteiger partial charge < -0.3 is 29.2 Å². The van der Waals surface area contributed by atoms with E-state index >= 15 is 0 Å². The van der Waals surface area contributed by atoms with Crippen molar-refractivity contribution >= 4 is 23.9 Å². The number of aliphatic carboxylic acids is 2. The molecule has 0 aliphatic carbocycles. The third-order valence-corrected chi connectivity index (χ3v) is 3.40. The second-order valence-corrected chi connectivity index (χ2v) is 5.44. The zero-order valence-electron chi connectivity index (χ0n) is 12.7. The Morgan fingerprint density at radius 1 is 0.792 bits per heavy atom. The highest BCUT2D eigenvalue weighted by Crippen LogP contribution is 2.30. The number of hydrogen-bond acceptors (Lipinski definition) is 8. The summed E-state index contributed by atoms with van der Waals surface area (Å²) < 4.78 is 20.6. The Kier molecular flexibility index (Phi) is 6.10. The molecule has 0 aromatic rings. The molecule has 2 rings (SSSR count). The lowest BCUT2D eigenvalue weighted by atomic mass is 10.1. The lowest BCUT2D eigenvalue weighted by Gasteiger charge is -2.24. The monoisotopic (exact) mass is 346 g/mol. The number of carboxylic acid groups (broad SMARTS) is 2. The molecule has 0 bridgehead atoms. The molecule has 24 heavy (non-hydrogen) atoms. The summed E-state index contributed by atoms with van der Waals surface area (Å²) in [7, 11) is 0. The molecule has 10 heteroatoms. The molecule has 0 spiro atoms. The van der Waals surface area contributed by atoms with E-state index in [1.807, 2.05) is 0 Å². The number of hydrogen-bond donors (Lipinski definition) is 2. The zero-order chi connectivity index (χ0) is 17.7. The van der Waals surface area contributed by atoms with E-state index in [0.717, 1.165) is 0 Å². The molecule has 2 aliphatic heterocycles. The van der Waals surface area contributed by atoms with Crippen LogP contribution in [0.4, 0.5) is 0 Å². The quantitative estimate of drug-likeness (QED) is 0.364. The van der Waals surface area contributed by atoms with Gasteiger partial charge in [-0.25, -0.2) is 0 Å². The topological polar surface area (TPSA) is 152 Å². The molecule has 4 unspecified atom stereocenters. The van der Waals surface area contributed by atoms with E-state index in [9.17, 15) is 19.2 Å². The third kappa shape index (κ3) is 6.13. The van der Waals surface area contributed by atoms with E-state index in [0.29, 0.717) is 13.2 Å². The lowest BCUT2D eigenvalue weighted by molar-refractivity contribution is -0.172. The van der Waals surface area contributed by atoms with Gasteiger partial charge in [0.15, 0.2) is 12.2 Å². The van der Waals surface area contributed by atoms with Gasteiger partial charge in [-0.1, -0.05) is 0 Å². The van der Waals surface area contributed by atoms with Crippen LogP contribution in [0.1, 0.15) is 25.7 Å². The molecule has 10 nitrogen and oxygen atoms in total. The first-order valence-corrected chi connectivity index (χ1v) is 7.42. The Balaban J connectivity index is 1.92. The minimum atomic E-state index is -1.13. The van der Waals surface area contributed by atoms with Crippen LogP contribution in [-0.4, -0.2) is 71.7 Å². The van der Waals surface area contributed by atoms with Crippen LogP contribution in [0.3, 0.4) is 0 Å². The molecule has 2 heterocycles. The van der Waals surface area contributed by atoms with Gasteiger partial charge in [-0.2, -0.15) is 0 Å². The van der Waals surface area contributed by atoms with Crippen LogP contribution < -0.4 is 0 Å². The normalized spacial score (nSPS) is 23.7. The highest BCUT2D eigenvalue weighted by atomic mass is 16.7. The number of rotatable bonds is 11. The minimum Gasteiger partial charge on any atom is -0.481 e. The fourth-order valence-corrected chi connectivity index (χ4v) is 2.04. The van der Waals surface area contributed by atoms with Crippen molar-refractivity contribution in [3.63, 3.8) is 0 Å². The van der Waals surface area contributed by atoms with Gasteiger partial charge in [-0.05, 0) is 0 Å². The smallest absolute Gasteiger partial charge is 0.306 e. The average Bonchev–Trinajstić information content (AvgIpc) is 3.37. The third-order valence-electron chi connectivity index (χ3n) is 3.40. The molecule has 134 valence electrons. The maximum atomic E-state index is 11.7. The van der Waals surface area contributed by atoms with Crippen LogP contribution in [0, 0.1) is 0 Å². The molecule has 2 saturated heterocycles. The first-order valence-electron chi connectivity index (χ1n) is 7.42. The maximum absolute atomic E-state index is 11.7. The molecule has 0 radical (unpaired) electrons. The van der Waals surface area contributed by atoms with E-state index < -0.39 is 48.3 Å². The Morgan fingerprint density at radius 3 is 1.38 bits per heavy atom. The molecule has 4 atom stereocenters. The number of carbonyl (C=O) groups is 4. The Bertz CT molecular complexity index is 462. The molecular formula is C14H18O10.